The van der Waals surface area contributed by atoms with E-state index in [0.717, 1.165) is 36.4 Å². The summed E-state index contributed by atoms with van der Waals surface area (Å²) in [5.74, 6) is 2.64. The molecule has 4 unspecified atom stereocenters. The van der Waals surface area contributed by atoms with Crippen LogP contribution in [0.1, 0.15) is 59.8 Å². The molecule has 0 aromatic carbocycles. The molecule has 0 amide bonds. The number of nitrogens with one attached hydrogen (secondary N) is 1. The van der Waals surface area contributed by atoms with Gasteiger partial charge in [0.25, 0.3) is 0 Å². The zero-order chi connectivity index (χ0) is 13.8. The first kappa shape index (κ1) is 15.3. The molecule has 112 valence electrons. The number of rotatable bonds is 7. The zero-order valence-corrected chi connectivity index (χ0v) is 13.5. The van der Waals surface area contributed by atoms with Crippen molar-refractivity contribution in [3.05, 3.63) is 0 Å². The molecule has 0 radical (unpaired) electrons. The third-order valence-electron chi connectivity index (χ3n) is 5.16. The van der Waals surface area contributed by atoms with Crippen LogP contribution in [0.25, 0.3) is 0 Å². The van der Waals surface area contributed by atoms with E-state index >= 15 is 0 Å². The van der Waals surface area contributed by atoms with E-state index in [9.17, 15) is 0 Å². The highest BCUT2D eigenvalue weighted by atomic mass is 15.2. The van der Waals surface area contributed by atoms with Gasteiger partial charge in [-0.3, -0.25) is 0 Å². The molecule has 0 spiro atoms. The Morgan fingerprint density at radius 2 is 1.84 bits per heavy atom. The van der Waals surface area contributed by atoms with E-state index < -0.39 is 0 Å². The average Bonchev–Trinajstić information content (AvgIpc) is 3.16. The van der Waals surface area contributed by atoms with E-state index in [1.807, 2.05) is 0 Å². The van der Waals surface area contributed by atoms with Crippen LogP contribution in [0.3, 0.4) is 0 Å². The quantitative estimate of drug-likeness (QED) is 0.758. The Kier molecular flexibility index (Phi) is 5.70. The number of hydrogen-bond donors (Lipinski definition) is 1. The van der Waals surface area contributed by atoms with E-state index in [2.05, 4.69) is 37.9 Å². The molecule has 2 aliphatic rings. The van der Waals surface area contributed by atoms with Gasteiger partial charge in [-0.25, -0.2) is 0 Å². The summed E-state index contributed by atoms with van der Waals surface area (Å²) in [7, 11) is 0. The van der Waals surface area contributed by atoms with Crippen LogP contribution in [0.15, 0.2) is 0 Å². The summed E-state index contributed by atoms with van der Waals surface area (Å²) in [4.78, 5) is 2.79. The first-order valence-corrected chi connectivity index (χ1v) is 8.63. The van der Waals surface area contributed by atoms with Gasteiger partial charge in [0.15, 0.2) is 0 Å². The lowest BCUT2D eigenvalue weighted by Gasteiger charge is -2.42. The SMILES string of the molecule is CCCN(CC1C(C)CC(C)CC1NCC)C1CC1. The summed E-state index contributed by atoms with van der Waals surface area (Å²) in [6.07, 6.45) is 7.01. The van der Waals surface area contributed by atoms with Gasteiger partial charge in [-0.1, -0.05) is 27.7 Å². The molecule has 0 aromatic heterocycles. The van der Waals surface area contributed by atoms with E-state index in [0.29, 0.717) is 0 Å². The fourth-order valence-corrected chi connectivity index (χ4v) is 4.14. The molecule has 0 heterocycles. The van der Waals surface area contributed by atoms with Gasteiger partial charge in [-0.2, -0.15) is 0 Å². The van der Waals surface area contributed by atoms with Gasteiger partial charge in [-0.05, 0) is 62.9 Å². The van der Waals surface area contributed by atoms with Crippen molar-refractivity contribution in [2.45, 2.75) is 71.9 Å². The lowest BCUT2D eigenvalue weighted by Crippen LogP contribution is -2.49. The highest BCUT2D eigenvalue weighted by Crippen LogP contribution is 2.36. The van der Waals surface area contributed by atoms with Crippen LogP contribution >= 0.6 is 0 Å². The molecule has 0 saturated heterocycles. The Bertz CT molecular complexity index is 262. The summed E-state index contributed by atoms with van der Waals surface area (Å²) >= 11 is 0. The molecule has 19 heavy (non-hydrogen) atoms. The van der Waals surface area contributed by atoms with Crippen LogP contribution < -0.4 is 5.32 Å². The van der Waals surface area contributed by atoms with Gasteiger partial charge in [-0.15, -0.1) is 0 Å². The third-order valence-corrected chi connectivity index (χ3v) is 5.16. The summed E-state index contributed by atoms with van der Waals surface area (Å²) < 4.78 is 0. The summed E-state index contributed by atoms with van der Waals surface area (Å²) in [6, 6.07) is 1.68. The van der Waals surface area contributed by atoms with Crippen LogP contribution in [0.5, 0.6) is 0 Å². The van der Waals surface area contributed by atoms with Gasteiger partial charge >= 0.3 is 0 Å². The number of hydrogen-bond acceptors (Lipinski definition) is 2. The van der Waals surface area contributed by atoms with E-state index in [1.54, 1.807) is 0 Å². The molecule has 2 fully saturated rings. The van der Waals surface area contributed by atoms with Crippen LogP contribution in [0, 0.1) is 17.8 Å². The van der Waals surface area contributed by atoms with Gasteiger partial charge in [0.05, 0.1) is 0 Å². The van der Waals surface area contributed by atoms with Crippen molar-refractivity contribution in [2.75, 3.05) is 19.6 Å². The highest BCUT2D eigenvalue weighted by molar-refractivity contribution is 4.92. The second-order valence-electron chi connectivity index (χ2n) is 7.11. The van der Waals surface area contributed by atoms with Crippen molar-refractivity contribution in [3.63, 3.8) is 0 Å². The van der Waals surface area contributed by atoms with Crippen LogP contribution in [-0.4, -0.2) is 36.6 Å². The van der Waals surface area contributed by atoms with Crippen LogP contribution in [-0.2, 0) is 0 Å². The van der Waals surface area contributed by atoms with E-state index in [1.165, 1.54) is 45.2 Å². The minimum Gasteiger partial charge on any atom is -0.314 e. The molecule has 2 nitrogen and oxygen atoms in total. The smallest absolute Gasteiger partial charge is 0.0112 e. The third kappa shape index (κ3) is 4.19. The Balaban J connectivity index is 1.96. The topological polar surface area (TPSA) is 15.3 Å². The Morgan fingerprint density at radius 3 is 2.42 bits per heavy atom. The largest absolute Gasteiger partial charge is 0.314 e. The van der Waals surface area contributed by atoms with Gasteiger partial charge in [0.1, 0.15) is 0 Å². The van der Waals surface area contributed by atoms with E-state index in [-0.39, 0.29) is 0 Å². The highest BCUT2D eigenvalue weighted by Gasteiger charge is 2.37. The monoisotopic (exact) mass is 266 g/mol. The fourth-order valence-electron chi connectivity index (χ4n) is 4.14. The summed E-state index contributed by atoms with van der Waals surface area (Å²) in [5, 5.41) is 3.78. The lowest BCUT2D eigenvalue weighted by molar-refractivity contribution is 0.0980. The van der Waals surface area contributed by atoms with Crippen molar-refractivity contribution in [1.82, 2.24) is 10.2 Å². The summed E-state index contributed by atoms with van der Waals surface area (Å²) in [6.45, 7) is 13.3. The lowest BCUT2D eigenvalue weighted by atomic mass is 9.72. The maximum Gasteiger partial charge on any atom is 0.0112 e. The molecule has 0 bridgehead atoms. The zero-order valence-electron chi connectivity index (χ0n) is 13.5. The second-order valence-corrected chi connectivity index (χ2v) is 7.11. The molecule has 1 N–H and O–H groups in total. The second kappa shape index (κ2) is 7.08. The van der Waals surface area contributed by atoms with Crippen molar-refractivity contribution >= 4 is 0 Å². The molecular weight excluding hydrogens is 232 g/mol. The maximum absolute atomic E-state index is 3.78. The maximum atomic E-state index is 3.78. The van der Waals surface area contributed by atoms with Crippen LogP contribution in [0.2, 0.25) is 0 Å². The fraction of sp³-hybridized carbons (Fsp3) is 1.00. The number of nitrogens with zero attached hydrogens (tertiary/aromatic N) is 1. The molecule has 2 aliphatic carbocycles. The molecule has 0 aliphatic heterocycles. The molecule has 4 atom stereocenters. The van der Waals surface area contributed by atoms with Crippen molar-refractivity contribution in [3.8, 4) is 0 Å². The molecule has 0 aromatic rings. The van der Waals surface area contributed by atoms with Crippen molar-refractivity contribution in [1.29, 1.82) is 0 Å². The average molecular weight is 266 g/mol. The first-order valence-electron chi connectivity index (χ1n) is 8.63. The van der Waals surface area contributed by atoms with Gasteiger partial charge in [0.2, 0.25) is 0 Å². The Labute approximate surface area is 120 Å². The standard InChI is InChI=1S/C17H34N2/c1-5-9-19(15-7-8-15)12-16-14(4)10-13(3)11-17(16)18-6-2/h13-18H,5-12H2,1-4H3. The normalized spacial score (nSPS) is 35.8. The van der Waals surface area contributed by atoms with Crippen molar-refractivity contribution in [2.24, 2.45) is 17.8 Å². The molecule has 2 rings (SSSR count). The molecular formula is C17H34N2. The predicted molar refractivity (Wildman–Crippen MR) is 83.4 cm³/mol. The first-order chi connectivity index (χ1) is 9.15. The predicted octanol–water partition coefficient (Wildman–Crippen LogP) is 3.52. The summed E-state index contributed by atoms with van der Waals surface area (Å²) in [5.41, 5.74) is 0. The molecule has 2 heteroatoms. The van der Waals surface area contributed by atoms with Gasteiger partial charge < -0.3 is 10.2 Å². The van der Waals surface area contributed by atoms with E-state index in [4.69, 9.17) is 0 Å². The minimum absolute atomic E-state index is 0.752. The van der Waals surface area contributed by atoms with Crippen LogP contribution in [0.4, 0.5) is 0 Å². The van der Waals surface area contributed by atoms with Crippen molar-refractivity contribution < 1.29 is 0 Å². The van der Waals surface area contributed by atoms with Gasteiger partial charge in [0, 0.05) is 18.6 Å². The minimum atomic E-state index is 0.752. The molecule has 2 saturated carbocycles. The Morgan fingerprint density at radius 1 is 1.11 bits per heavy atom. The Hall–Kier alpha value is -0.0800.